The molecule has 1 aromatic heterocycles. The summed E-state index contributed by atoms with van der Waals surface area (Å²) in [6, 6.07) is 3.35. The van der Waals surface area contributed by atoms with Crippen LogP contribution < -0.4 is 5.73 Å². The van der Waals surface area contributed by atoms with E-state index in [9.17, 15) is 10.1 Å². The molecular formula is C10H15N3O3S. The zero-order valence-corrected chi connectivity index (χ0v) is 10.4. The van der Waals surface area contributed by atoms with Gasteiger partial charge < -0.3 is 10.5 Å². The minimum Gasteiger partial charge on any atom is -0.374 e. The van der Waals surface area contributed by atoms with Crippen molar-refractivity contribution in [3.8, 4) is 0 Å². The third-order valence-electron chi connectivity index (χ3n) is 2.92. The molecule has 2 heterocycles. The molecule has 2 atom stereocenters. The standard InChI is InChI=1S/C10H15N3O3S/c1-12-4-5-16-7(6-11)10(12)8-2-3-9(17-8)13(14)15/h2-3,7,10H,4-6,11H2,1H3. The fourth-order valence-electron chi connectivity index (χ4n) is 2.06. The highest BCUT2D eigenvalue weighted by Gasteiger charge is 2.32. The zero-order valence-electron chi connectivity index (χ0n) is 9.54. The average Bonchev–Trinajstić information content (AvgIpc) is 2.77. The van der Waals surface area contributed by atoms with E-state index in [0.29, 0.717) is 13.2 Å². The number of nitrogens with zero attached hydrogens (tertiary/aromatic N) is 2. The normalized spacial score (nSPS) is 26.0. The highest BCUT2D eigenvalue weighted by Crippen LogP contribution is 2.35. The minimum absolute atomic E-state index is 0.0208. The van der Waals surface area contributed by atoms with Crippen LogP contribution in [0.5, 0.6) is 0 Å². The second-order valence-corrected chi connectivity index (χ2v) is 5.10. The molecule has 1 fully saturated rings. The van der Waals surface area contributed by atoms with Crippen LogP contribution in [0.4, 0.5) is 5.00 Å². The predicted molar refractivity (Wildman–Crippen MR) is 65.1 cm³/mol. The van der Waals surface area contributed by atoms with Gasteiger partial charge in [0.2, 0.25) is 0 Å². The van der Waals surface area contributed by atoms with E-state index in [1.54, 1.807) is 6.07 Å². The van der Waals surface area contributed by atoms with E-state index >= 15 is 0 Å². The fourth-order valence-corrected chi connectivity index (χ4v) is 3.10. The van der Waals surface area contributed by atoms with Crippen LogP contribution in [0.2, 0.25) is 0 Å². The van der Waals surface area contributed by atoms with Crippen LogP contribution >= 0.6 is 11.3 Å². The Labute approximate surface area is 103 Å². The van der Waals surface area contributed by atoms with E-state index in [1.807, 2.05) is 7.05 Å². The molecule has 2 rings (SSSR count). The molecule has 17 heavy (non-hydrogen) atoms. The molecule has 1 aliphatic heterocycles. The first-order valence-electron chi connectivity index (χ1n) is 5.39. The molecule has 2 unspecified atom stereocenters. The smallest absolute Gasteiger partial charge is 0.324 e. The molecule has 0 aliphatic carbocycles. The topological polar surface area (TPSA) is 81.6 Å². The van der Waals surface area contributed by atoms with Gasteiger partial charge in [0.25, 0.3) is 0 Å². The Kier molecular flexibility index (Phi) is 3.72. The van der Waals surface area contributed by atoms with Crippen molar-refractivity contribution in [2.24, 2.45) is 5.73 Å². The highest BCUT2D eigenvalue weighted by molar-refractivity contribution is 7.15. The number of hydrogen-bond donors (Lipinski definition) is 1. The predicted octanol–water partition coefficient (Wildman–Crippen LogP) is 0.987. The van der Waals surface area contributed by atoms with E-state index < -0.39 is 0 Å². The van der Waals surface area contributed by atoms with E-state index in [-0.39, 0.29) is 22.1 Å². The summed E-state index contributed by atoms with van der Waals surface area (Å²) in [6.07, 6.45) is -0.0907. The number of hydrogen-bond acceptors (Lipinski definition) is 6. The quantitative estimate of drug-likeness (QED) is 0.645. The third kappa shape index (κ3) is 2.47. The lowest BCUT2D eigenvalue weighted by molar-refractivity contribution is -0.380. The molecule has 0 aromatic carbocycles. The van der Waals surface area contributed by atoms with Crippen molar-refractivity contribution >= 4 is 16.3 Å². The van der Waals surface area contributed by atoms with Gasteiger partial charge in [-0.2, -0.15) is 0 Å². The van der Waals surface area contributed by atoms with E-state index in [4.69, 9.17) is 10.5 Å². The summed E-state index contributed by atoms with van der Waals surface area (Å²) in [7, 11) is 1.99. The number of rotatable bonds is 3. The van der Waals surface area contributed by atoms with Crippen LogP contribution in [0.15, 0.2) is 12.1 Å². The van der Waals surface area contributed by atoms with Crippen molar-refractivity contribution < 1.29 is 9.66 Å². The third-order valence-corrected chi connectivity index (χ3v) is 4.03. The Morgan fingerprint density at radius 1 is 1.71 bits per heavy atom. The SMILES string of the molecule is CN1CCOC(CN)C1c1ccc([N+](=O)[O-])s1. The molecule has 0 spiro atoms. The summed E-state index contributed by atoms with van der Waals surface area (Å²) in [5, 5.41) is 10.8. The molecule has 2 N–H and O–H groups in total. The minimum atomic E-state index is -0.366. The second-order valence-electron chi connectivity index (χ2n) is 4.00. The Morgan fingerprint density at radius 3 is 3.06 bits per heavy atom. The first-order valence-corrected chi connectivity index (χ1v) is 6.21. The van der Waals surface area contributed by atoms with Crippen LogP contribution in [0.3, 0.4) is 0 Å². The van der Waals surface area contributed by atoms with E-state index in [1.165, 1.54) is 17.4 Å². The maximum Gasteiger partial charge on any atom is 0.324 e. The van der Waals surface area contributed by atoms with Gasteiger partial charge in [-0.25, -0.2) is 0 Å². The summed E-state index contributed by atoms with van der Waals surface area (Å²) in [5.74, 6) is 0. The van der Waals surface area contributed by atoms with Crippen molar-refractivity contribution in [2.45, 2.75) is 12.1 Å². The Bertz CT molecular complexity index is 409. The maximum atomic E-state index is 10.7. The van der Waals surface area contributed by atoms with Crippen molar-refractivity contribution in [2.75, 3.05) is 26.7 Å². The van der Waals surface area contributed by atoms with Crippen LogP contribution in [-0.2, 0) is 4.74 Å². The van der Waals surface area contributed by atoms with Crippen LogP contribution in [0.25, 0.3) is 0 Å². The number of nitro groups is 1. The number of morpholine rings is 1. The maximum absolute atomic E-state index is 10.7. The molecular weight excluding hydrogens is 242 g/mol. The molecule has 0 radical (unpaired) electrons. The van der Waals surface area contributed by atoms with Gasteiger partial charge in [0.15, 0.2) is 0 Å². The summed E-state index contributed by atoms with van der Waals surface area (Å²) < 4.78 is 5.60. The van der Waals surface area contributed by atoms with Crippen molar-refractivity contribution in [3.63, 3.8) is 0 Å². The number of likely N-dealkylation sites (N-methyl/N-ethyl adjacent to an activating group) is 1. The Balaban J connectivity index is 2.25. The summed E-state index contributed by atoms with van der Waals surface area (Å²) in [5.41, 5.74) is 5.68. The molecule has 0 bridgehead atoms. The summed E-state index contributed by atoms with van der Waals surface area (Å²) >= 11 is 1.19. The monoisotopic (exact) mass is 257 g/mol. The first kappa shape index (κ1) is 12.4. The van der Waals surface area contributed by atoms with Crippen molar-refractivity contribution in [1.82, 2.24) is 4.90 Å². The molecule has 0 amide bonds. The van der Waals surface area contributed by atoms with E-state index in [2.05, 4.69) is 4.90 Å². The number of thiophene rings is 1. The van der Waals surface area contributed by atoms with Gasteiger partial charge in [0.1, 0.15) is 0 Å². The molecule has 7 heteroatoms. The molecule has 6 nitrogen and oxygen atoms in total. The van der Waals surface area contributed by atoms with Crippen LogP contribution in [0.1, 0.15) is 10.9 Å². The second kappa shape index (κ2) is 5.09. The summed E-state index contributed by atoms with van der Waals surface area (Å²) in [4.78, 5) is 13.4. The van der Waals surface area contributed by atoms with Gasteiger partial charge in [-0.05, 0) is 13.1 Å². The fraction of sp³-hybridized carbons (Fsp3) is 0.600. The molecule has 94 valence electrons. The zero-order chi connectivity index (χ0) is 12.4. The highest BCUT2D eigenvalue weighted by atomic mass is 32.1. The largest absolute Gasteiger partial charge is 0.374 e. The van der Waals surface area contributed by atoms with Gasteiger partial charge in [-0.1, -0.05) is 11.3 Å². The lowest BCUT2D eigenvalue weighted by Crippen LogP contribution is -2.46. The number of nitrogens with two attached hydrogens (primary N) is 1. The average molecular weight is 257 g/mol. The molecule has 1 aliphatic rings. The van der Waals surface area contributed by atoms with Crippen molar-refractivity contribution in [3.05, 3.63) is 27.1 Å². The number of ether oxygens (including phenoxy) is 1. The first-order chi connectivity index (χ1) is 8.13. The van der Waals surface area contributed by atoms with Gasteiger partial charge in [0.05, 0.1) is 23.7 Å². The summed E-state index contributed by atoms with van der Waals surface area (Å²) in [6.45, 7) is 1.88. The molecule has 1 saturated heterocycles. The van der Waals surface area contributed by atoms with Crippen LogP contribution in [-0.4, -0.2) is 42.7 Å². The van der Waals surface area contributed by atoms with E-state index in [0.717, 1.165) is 11.4 Å². The van der Waals surface area contributed by atoms with Gasteiger partial charge in [-0.3, -0.25) is 15.0 Å². The van der Waals surface area contributed by atoms with Gasteiger partial charge in [0, 0.05) is 24.0 Å². The lowest BCUT2D eigenvalue weighted by atomic mass is 10.1. The van der Waals surface area contributed by atoms with Crippen LogP contribution in [0, 0.1) is 10.1 Å². The van der Waals surface area contributed by atoms with Gasteiger partial charge >= 0.3 is 5.00 Å². The molecule has 0 saturated carbocycles. The Hall–Kier alpha value is -1.02. The molecule has 1 aromatic rings. The van der Waals surface area contributed by atoms with Gasteiger partial charge in [-0.15, -0.1) is 0 Å². The Morgan fingerprint density at radius 2 is 2.47 bits per heavy atom. The lowest BCUT2D eigenvalue weighted by Gasteiger charge is -2.37. The van der Waals surface area contributed by atoms with Crippen molar-refractivity contribution in [1.29, 1.82) is 0 Å².